The number of carboxylic acid groups (broad SMARTS) is 1. The predicted molar refractivity (Wildman–Crippen MR) is 127 cm³/mol. The largest absolute Gasteiger partial charge is 0.496 e. The summed E-state index contributed by atoms with van der Waals surface area (Å²) in [6, 6.07) is 20.5. The number of methoxy groups -OCH3 is 1. The molecule has 0 saturated heterocycles. The SMILES string of the molecule is COc1cc(C(=O)O)c(F)cc1-c1csc(-c2ccc(-c3ccc4ncccc4c3)cc2)n1. The van der Waals surface area contributed by atoms with Crippen LogP contribution in [0.15, 0.2) is 78.3 Å². The molecule has 0 spiro atoms. The number of nitrogens with zero attached hydrogens (tertiary/aromatic N) is 2. The van der Waals surface area contributed by atoms with E-state index in [2.05, 4.69) is 16.0 Å². The minimum atomic E-state index is -1.35. The van der Waals surface area contributed by atoms with Crippen LogP contribution in [-0.4, -0.2) is 28.2 Å². The fraction of sp³-hybridized carbons (Fsp3) is 0.0385. The van der Waals surface area contributed by atoms with E-state index in [4.69, 9.17) is 9.84 Å². The molecule has 0 bridgehead atoms. The lowest BCUT2D eigenvalue weighted by molar-refractivity contribution is 0.0691. The van der Waals surface area contributed by atoms with Gasteiger partial charge in [-0.1, -0.05) is 36.4 Å². The highest BCUT2D eigenvalue weighted by Crippen LogP contribution is 2.36. The molecule has 0 aliphatic heterocycles. The zero-order valence-electron chi connectivity index (χ0n) is 17.4. The molecule has 0 aliphatic rings. The van der Waals surface area contributed by atoms with Crippen LogP contribution in [0, 0.1) is 5.82 Å². The van der Waals surface area contributed by atoms with Crippen molar-refractivity contribution in [3.8, 4) is 38.7 Å². The lowest BCUT2D eigenvalue weighted by Crippen LogP contribution is -2.02. The Labute approximate surface area is 192 Å². The topological polar surface area (TPSA) is 72.3 Å². The Morgan fingerprint density at radius 3 is 2.52 bits per heavy atom. The Balaban J connectivity index is 1.45. The van der Waals surface area contributed by atoms with E-state index in [1.54, 1.807) is 11.6 Å². The third-order valence-electron chi connectivity index (χ3n) is 5.37. The maximum absolute atomic E-state index is 14.3. The number of fused-ring (bicyclic) bond motifs is 1. The highest BCUT2D eigenvalue weighted by Gasteiger charge is 2.18. The average Bonchev–Trinajstić information content (AvgIpc) is 3.33. The number of ether oxygens (including phenoxy) is 1. The van der Waals surface area contributed by atoms with Crippen molar-refractivity contribution >= 4 is 28.2 Å². The maximum Gasteiger partial charge on any atom is 0.338 e. The summed E-state index contributed by atoms with van der Waals surface area (Å²) in [7, 11) is 1.41. The molecule has 0 unspecified atom stereocenters. The Morgan fingerprint density at radius 2 is 1.76 bits per heavy atom. The van der Waals surface area contributed by atoms with E-state index in [9.17, 15) is 9.18 Å². The van der Waals surface area contributed by atoms with Crippen LogP contribution in [0.25, 0.3) is 43.9 Å². The molecule has 2 heterocycles. The number of aromatic carboxylic acids is 1. The molecule has 0 fully saturated rings. The molecule has 5 nitrogen and oxygen atoms in total. The molecule has 3 aromatic carbocycles. The van der Waals surface area contributed by atoms with E-state index in [0.29, 0.717) is 11.3 Å². The second-order valence-corrected chi connectivity index (χ2v) is 8.22. The molecule has 5 rings (SSSR count). The van der Waals surface area contributed by atoms with Crippen LogP contribution in [0.5, 0.6) is 5.75 Å². The van der Waals surface area contributed by atoms with Crippen LogP contribution in [0.3, 0.4) is 0 Å². The summed E-state index contributed by atoms with van der Waals surface area (Å²) in [5.41, 5.74) is 4.55. The molecule has 2 aromatic heterocycles. The molecule has 0 radical (unpaired) electrons. The first kappa shape index (κ1) is 20.8. The molecule has 162 valence electrons. The summed E-state index contributed by atoms with van der Waals surface area (Å²) in [6.07, 6.45) is 1.78. The van der Waals surface area contributed by atoms with Gasteiger partial charge in [-0.25, -0.2) is 14.2 Å². The van der Waals surface area contributed by atoms with Crippen LogP contribution >= 0.6 is 11.3 Å². The Kier molecular flexibility index (Phi) is 5.32. The van der Waals surface area contributed by atoms with Gasteiger partial charge in [-0.2, -0.15) is 0 Å². The summed E-state index contributed by atoms with van der Waals surface area (Å²) in [5.74, 6) is -1.92. The molecule has 1 N–H and O–H groups in total. The number of hydrogen-bond donors (Lipinski definition) is 1. The van der Waals surface area contributed by atoms with Crippen molar-refractivity contribution in [3.05, 3.63) is 89.7 Å². The molecule has 0 saturated carbocycles. The summed E-state index contributed by atoms with van der Waals surface area (Å²) in [5, 5.41) is 12.8. The summed E-state index contributed by atoms with van der Waals surface area (Å²) < 4.78 is 19.6. The number of aromatic nitrogens is 2. The van der Waals surface area contributed by atoms with Gasteiger partial charge in [0.2, 0.25) is 0 Å². The first-order chi connectivity index (χ1) is 16.0. The summed E-state index contributed by atoms with van der Waals surface area (Å²) >= 11 is 1.42. The van der Waals surface area contributed by atoms with Gasteiger partial charge >= 0.3 is 5.97 Å². The van der Waals surface area contributed by atoms with Crippen LogP contribution in [0.2, 0.25) is 0 Å². The minimum Gasteiger partial charge on any atom is -0.496 e. The first-order valence-electron chi connectivity index (χ1n) is 10.1. The number of carbonyl (C=O) groups is 1. The van der Waals surface area contributed by atoms with E-state index < -0.39 is 17.3 Å². The van der Waals surface area contributed by atoms with Crippen molar-refractivity contribution < 1.29 is 19.0 Å². The fourth-order valence-electron chi connectivity index (χ4n) is 3.68. The second-order valence-electron chi connectivity index (χ2n) is 7.36. The standard InChI is InChI=1S/C26H17FN2O3S/c1-32-24-13-19(26(30)31)21(27)12-20(24)23-14-33-25(29-23)16-6-4-15(5-7-16)17-8-9-22-18(11-17)3-2-10-28-22/h2-14H,1H3,(H,30,31). The van der Waals surface area contributed by atoms with Crippen LogP contribution < -0.4 is 4.74 Å². The van der Waals surface area contributed by atoms with Gasteiger partial charge < -0.3 is 9.84 Å². The summed E-state index contributed by atoms with van der Waals surface area (Å²) in [6.45, 7) is 0. The summed E-state index contributed by atoms with van der Waals surface area (Å²) in [4.78, 5) is 20.2. The molecular weight excluding hydrogens is 439 g/mol. The number of carboxylic acids is 1. The van der Waals surface area contributed by atoms with Crippen LogP contribution in [-0.2, 0) is 0 Å². The van der Waals surface area contributed by atoms with Crippen molar-refractivity contribution in [2.45, 2.75) is 0 Å². The highest BCUT2D eigenvalue weighted by molar-refractivity contribution is 7.13. The van der Waals surface area contributed by atoms with Crippen molar-refractivity contribution in [3.63, 3.8) is 0 Å². The molecular formula is C26H17FN2O3S. The molecule has 7 heteroatoms. The van der Waals surface area contributed by atoms with E-state index in [1.807, 2.05) is 48.5 Å². The third-order valence-corrected chi connectivity index (χ3v) is 6.26. The molecule has 0 aliphatic carbocycles. The Bertz CT molecular complexity index is 1500. The van der Waals surface area contributed by atoms with Crippen LogP contribution in [0.1, 0.15) is 10.4 Å². The van der Waals surface area contributed by atoms with Crippen molar-refractivity contribution in [2.24, 2.45) is 0 Å². The fourth-order valence-corrected chi connectivity index (χ4v) is 4.50. The number of rotatable bonds is 5. The number of benzene rings is 3. The Morgan fingerprint density at radius 1 is 1.00 bits per heavy atom. The lowest BCUT2D eigenvalue weighted by atomic mass is 10.0. The smallest absolute Gasteiger partial charge is 0.338 e. The van der Waals surface area contributed by atoms with Gasteiger partial charge in [-0.3, -0.25) is 4.98 Å². The highest BCUT2D eigenvalue weighted by atomic mass is 32.1. The van der Waals surface area contributed by atoms with Gasteiger partial charge in [0, 0.05) is 28.1 Å². The van der Waals surface area contributed by atoms with Gasteiger partial charge in [0.15, 0.2) is 0 Å². The minimum absolute atomic E-state index is 0.256. The zero-order chi connectivity index (χ0) is 22.9. The monoisotopic (exact) mass is 456 g/mol. The van der Waals surface area contributed by atoms with Gasteiger partial charge in [-0.15, -0.1) is 11.3 Å². The van der Waals surface area contributed by atoms with E-state index in [0.717, 1.165) is 38.7 Å². The van der Waals surface area contributed by atoms with Crippen molar-refractivity contribution in [2.75, 3.05) is 7.11 Å². The van der Waals surface area contributed by atoms with E-state index in [-0.39, 0.29) is 5.75 Å². The molecule has 0 amide bonds. The number of hydrogen-bond acceptors (Lipinski definition) is 5. The lowest BCUT2D eigenvalue weighted by Gasteiger charge is -2.08. The number of pyridine rings is 1. The maximum atomic E-state index is 14.3. The van der Waals surface area contributed by atoms with E-state index >= 15 is 0 Å². The number of halogens is 1. The predicted octanol–water partition coefficient (Wildman–Crippen LogP) is 6.54. The average molecular weight is 456 g/mol. The van der Waals surface area contributed by atoms with E-state index in [1.165, 1.54) is 24.5 Å². The van der Waals surface area contributed by atoms with Crippen LogP contribution in [0.4, 0.5) is 4.39 Å². The molecule has 33 heavy (non-hydrogen) atoms. The quantitative estimate of drug-likeness (QED) is 0.325. The first-order valence-corrected chi connectivity index (χ1v) is 10.9. The Hall–Kier alpha value is -4.10. The van der Waals surface area contributed by atoms with Crippen molar-refractivity contribution in [1.82, 2.24) is 9.97 Å². The zero-order valence-corrected chi connectivity index (χ0v) is 18.3. The van der Waals surface area contributed by atoms with Gasteiger partial charge in [-0.05, 0) is 41.5 Å². The van der Waals surface area contributed by atoms with Gasteiger partial charge in [0.05, 0.1) is 23.9 Å². The number of thiazole rings is 1. The van der Waals surface area contributed by atoms with Crippen molar-refractivity contribution in [1.29, 1.82) is 0 Å². The second kappa shape index (κ2) is 8.44. The molecule has 0 atom stereocenters. The van der Waals surface area contributed by atoms with Gasteiger partial charge in [0.1, 0.15) is 16.6 Å². The van der Waals surface area contributed by atoms with Gasteiger partial charge in [0.25, 0.3) is 0 Å². The third kappa shape index (κ3) is 3.94. The normalized spacial score (nSPS) is 11.0. The molecule has 5 aromatic rings.